The zero-order valence-electron chi connectivity index (χ0n) is 16.3. The van der Waals surface area contributed by atoms with Gasteiger partial charge in [0.2, 0.25) is 5.88 Å². The summed E-state index contributed by atoms with van der Waals surface area (Å²) in [4.78, 5) is 12.8. The molecule has 2 aromatic carbocycles. The zero-order chi connectivity index (χ0) is 19.9. The molecule has 28 heavy (non-hydrogen) atoms. The number of carbonyl (C=O) groups is 1. The van der Waals surface area contributed by atoms with Gasteiger partial charge < -0.3 is 4.74 Å². The van der Waals surface area contributed by atoms with E-state index in [1.165, 1.54) is 0 Å². The molecule has 4 nitrogen and oxygen atoms in total. The van der Waals surface area contributed by atoms with Gasteiger partial charge >= 0.3 is 5.97 Å². The molecule has 0 amide bonds. The van der Waals surface area contributed by atoms with Crippen LogP contribution >= 0.6 is 11.6 Å². The third-order valence-electron chi connectivity index (χ3n) is 4.76. The maximum atomic E-state index is 12.8. The number of aromatic nitrogens is 2. The second-order valence-electron chi connectivity index (χ2n) is 6.77. The fraction of sp³-hybridized carbons (Fsp3) is 0.304. The van der Waals surface area contributed by atoms with Crippen LogP contribution in [-0.2, 0) is 4.79 Å². The van der Waals surface area contributed by atoms with Crippen molar-refractivity contribution in [2.45, 2.75) is 39.5 Å². The molecule has 1 aromatic heterocycles. The number of esters is 1. The highest BCUT2D eigenvalue weighted by Crippen LogP contribution is 2.30. The smallest absolute Gasteiger partial charge is 0.315 e. The van der Waals surface area contributed by atoms with Crippen LogP contribution in [0.4, 0.5) is 0 Å². The van der Waals surface area contributed by atoms with E-state index >= 15 is 0 Å². The van der Waals surface area contributed by atoms with Crippen LogP contribution in [0, 0.1) is 5.92 Å². The SMILES string of the molecule is CCCCC(CC)C(=O)Oc1cc(-c2ccccc2)nn1-c1ccccc1Cl. The third-order valence-corrected chi connectivity index (χ3v) is 5.08. The summed E-state index contributed by atoms with van der Waals surface area (Å²) in [5.74, 6) is 0.0467. The summed E-state index contributed by atoms with van der Waals surface area (Å²) < 4.78 is 7.42. The van der Waals surface area contributed by atoms with E-state index in [2.05, 4.69) is 12.0 Å². The molecule has 1 unspecified atom stereocenters. The number of carbonyl (C=O) groups excluding carboxylic acids is 1. The van der Waals surface area contributed by atoms with Crippen molar-refractivity contribution >= 4 is 17.6 Å². The molecule has 3 rings (SSSR count). The van der Waals surface area contributed by atoms with Crippen LogP contribution in [0.2, 0.25) is 5.02 Å². The zero-order valence-corrected chi connectivity index (χ0v) is 17.0. The quantitative estimate of drug-likeness (QED) is 0.419. The molecule has 0 fully saturated rings. The number of nitrogens with zero attached hydrogens (tertiary/aromatic N) is 2. The molecule has 0 radical (unpaired) electrons. The molecular formula is C23H25ClN2O2. The minimum atomic E-state index is -0.219. The molecule has 0 aliphatic carbocycles. The highest BCUT2D eigenvalue weighted by molar-refractivity contribution is 6.32. The normalized spacial score (nSPS) is 12.0. The highest BCUT2D eigenvalue weighted by atomic mass is 35.5. The summed E-state index contributed by atoms with van der Waals surface area (Å²) in [6, 6.07) is 19.0. The van der Waals surface area contributed by atoms with E-state index in [0.717, 1.165) is 36.9 Å². The molecule has 1 heterocycles. The van der Waals surface area contributed by atoms with Gasteiger partial charge in [-0.3, -0.25) is 4.79 Å². The summed E-state index contributed by atoms with van der Waals surface area (Å²) in [5, 5.41) is 5.21. The summed E-state index contributed by atoms with van der Waals surface area (Å²) in [5.41, 5.74) is 2.35. The molecule has 0 saturated heterocycles. The minimum absolute atomic E-state index is 0.116. The first-order chi connectivity index (χ1) is 13.6. The lowest BCUT2D eigenvalue weighted by Crippen LogP contribution is -2.21. The first kappa shape index (κ1) is 20.2. The van der Waals surface area contributed by atoms with Gasteiger partial charge in [-0.05, 0) is 25.0 Å². The molecular weight excluding hydrogens is 372 g/mol. The van der Waals surface area contributed by atoms with Crippen LogP contribution in [0.3, 0.4) is 0 Å². The Morgan fingerprint density at radius 2 is 1.82 bits per heavy atom. The molecule has 0 bridgehead atoms. The van der Waals surface area contributed by atoms with Gasteiger partial charge in [-0.25, -0.2) is 0 Å². The third kappa shape index (κ3) is 4.63. The monoisotopic (exact) mass is 396 g/mol. The van der Waals surface area contributed by atoms with Crippen molar-refractivity contribution in [3.05, 3.63) is 65.7 Å². The lowest BCUT2D eigenvalue weighted by atomic mass is 10.00. The number of benzene rings is 2. The molecule has 0 aliphatic heterocycles. The maximum Gasteiger partial charge on any atom is 0.315 e. The van der Waals surface area contributed by atoms with Crippen LogP contribution in [0.1, 0.15) is 39.5 Å². The number of rotatable bonds is 8. The standard InChI is InChI=1S/C23H25ClN2O2/c1-3-5-11-17(4-2)23(27)28-22-16-20(18-12-7-6-8-13-18)25-26(22)21-15-10-9-14-19(21)24/h6-10,12-17H,3-5,11H2,1-2H3. The first-order valence-corrected chi connectivity index (χ1v) is 10.1. The summed E-state index contributed by atoms with van der Waals surface area (Å²) in [6.07, 6.45) is 3.65. The van der Waals surface area contributed by atoms with Crippen molar-refractivity contribution < 1.29 is 9.53 Å². The van der Waals surface area contributed by atoms with E-state index in [-0.39, 0.29) is 11.9 Å². The van der Waals surface area contributed by atoms with E-state index in [1.807, 2.05) is 55.5 Å². The molecule has 3 aromatic rings. The molecule has 5 heteroatoms. The van der Waals surface area contributed by atoms with Gasteiger partial charge in [-0.15, -0.1) is 0 Å². The number of para-hydroxylation sites is 1. The van der Waals surface area contributed by atoms with Crippen molar-refractivity contribution in [1.29, 1.82) is 0 Å². The van der Waals surface area contributed by atoms with E-state index in [1.54, 1.807) is 16.8 Å². The van der Waals surface area contributed by atoms with Crippen molar-refractivity contribution in [3.8, 4) is 22.8 Å². The summed E-state index contributed by atoms with van der Waals surface area (Å²) in [7, 11) is 0. The van der Waals surface area contributed by atoms with Gasteiger partial charge in [-0.1, -0.05) is 80.8 Å². The molecule has 146 valence electrons. The van der Waals surface area contributed by atoms with Gasteiger partial charge in [0.1, 0.15) is 0 Å². The van der Waals surface area contributed by atoms with Crippen molar-refractivity contribution in [2.24, 2.45) is 5.92 Å². The molecule has 0 spiro atoms. The number of unbranched alkanes of at least 4 members (excludes halogenated alkanes) is 1. The Bertz CT molecular complexity index is 921. The number of hydrogen-bond donors (Lipinski definition) is 0. The number of halogens is 1. The Hall–Kier alpha value is -2.59. The summed E-state index contributed by atoms with van der Waals surface area (Å²) in [6.45, 7) is 4.14. The minimum Gasteiger partial charge on any atom is -0.407 e. The Balaban J connectivity index is 1.98. The van der Waals surface area contributed by atoms with Crippen molar-refractivity contribution in [3.63, 3.8) is 0 Å². The second kappa shape index (κ2) is 9.56. The Kier molecular flexibility index (Phi) is 6.88. The first-order valence-electron chi connectivity index (χ1n) is 9.76. The maximum absolute atomic E-state index is 12.8. The Labute approximate surface area is 171 Å². The molecule has 0 aliphatic rings. The van der Waals surface area contributed by atoms with Crippen LogP contribution in [0.25, 0.3) is 16.9 Å². The van der Waals surface area contributed by atoms with Gasteiger partial charge in [0.15, 0.2) is 0 Å². The topological polar surface area (TPSA) is 44.1 Å². The fourth-order valence-electron chi connectivity index (χ4n) is 3.11. The van der Waals surface area contributed by atoms with Crippen LogP contribution in [0.5, 0.6) is 5.88 Å². The van der Waals surface area contributed by atoms with Gasteiger partial charge in [0.25, 0.3) is 0 Å². The predicted octanol–water partition coefficient (Wildman–Crippen LogP) is 6.31. The van der Waals surface area contributed by atoms with Crippen LogP contribution in [-0.4, -0.2) is 15.7 Å². The fourth-order valence-corrected chi connectivity index (χ4v) is 3.32. The Morgan fingerprint density at radius 1 is 1.11 bits per heavy atom. The predicted molar refractivity (Wildman–Crippen MR) is 113 cm³/mol. The van der Waals surface area contributed by atoms with Crippen LogP contribution < -0.4 is 4.74 Å². The van der Waals surface area contributed by atoms with E-state index in [9.17, 15) is 4.79 Å². The van der Waals surface area contributed by atoms with Crippen molar-refractivity contribution in [2.75, 3.05) is 0 Å². The second-order valence-corrected chi connectivity index (χ2v) is 7.17. The van der Waals surface area contributed by atoms with Crippen molar-refractivity contribution in [1.82, 2.24) is 9.78 Å². The highest BCUT2D eigenvalue weighted by Gasteiger charge is 2.22. The van der Waals surface area contributed by atoms with E-state index < -0.39 is 0 Å². The van der Waals surface area contributed by atoms with E-state index in [4.69, 9.17) is 16.3 Å². The number of ether oxygens (including phenoxy) is 1. The Morgan fingerprint density at radius 3 is 2.50 bits per heavy atom. The van der Waals surface area contributed by atoms with Gasteiger partial charge in [0, 0.05) is 11.6 Å². The lowest BCUT2D eigenvalue weighted by Gasteiger charge is -2.14. The summed E-state index contributed by atoms with van der Waals surface area (Å²) >= 11 is 6.38. The largest absolute Gasteiger partial charge is 0.407 e. The number of hydrogen-bond acceptors (Lipinski definition) is 3. The molecule has 1 atom stereocenters. The lowest BCUT2D eigenvalue weighted by molar-refractivity contribution is -0.139. The van der Waals surface area contributed by atoms with Crippen LogP contribution in [0.15, 0.2) is 60.7 Å². The van der Waals surface area contributed by atoms with Gasteiger partial charge in [-0.2, -0.15) is 9.78 Å². The average molecular weight is 397 g/mol. The van der Waals surface area contributed by atoms with Gasteiger partial charge in [0.05, 0.1) is 22.3 Å². The average Bonchev–Trinajstić information content (AvgIpc) is 3.13. The molecule has 0 N–H and O–H groups in total. The molecule has 0 saturated carbocycles. The van der Waals surface area contributed by atoms with E-state index in [0.29, 0.717) is 16.6 Å².